The summed E-state index contributed by atoms with van der Waals surface area (Å²) in [5.74, 6) is 0.397. The average molecular weight is 219 g/mol. The predicted octanol–water partition coefficient (Wildman–Crippen LogP) is 3.34. The second kappa shape index (κ2) is 5.24. The lowest BCUT2D eigenvalue weighted by Crippen LogP contribution is -2.30. The van der Waals surface area contributed by atoms with Gasteiger partial charge in [-0.1, -0.05) is 19.8 Å². The van der Waals surface area contributed by atoms with Gasteiger partial charge in [0.2, 0.25) is 0 Å². The van der Waals surface area contributed by atoms with Gasteiger partial charge < -0.3 is 10.0 Å². The zero-order valence-corrected chi connectivity index (χ0v) is 10.1. The number of phenols is 1. The largest absolute Gasteiger partial charge is 0.508 e. The Morgan fingerprint density at radius 1 is 1.31 bits per heavy atom. The number of aromatic hydroxyl groups is 1. The summed E-state index contributed by atoms with van der Waals surface area (Å²) in [7, 11) is 0. The summed E-state index contributed by atoms with van der Waals surface area (Å²) in [5.41, 5.74) is 2.64. The number of hydrogen-bond acceptors (Lipinski definition) is 2. The van der Waals surface area contributed by atoms with Gasteiger partial charge in [-0.2, -0.15) is 0 Å². The van der Waals surface area contributed by atoms with Gasteiger partial charge in [0.05, 0.1) is 0 Å². The predicted molar refractivity (Wildman–Crippen MR) is 68.2 cm³/mol. The van der Waals surface area contributed by atoms with Crippen molar-refractivity contribution < 1.29 is 5.11 Å². The Balaban J connectivity index is 2.07. The Labute approximate surface area is 97.9 Å². The van der Waals surface area contributed by atoms with Crippen molar-refractivity contribution in [2.75, 3.05) is 18.0 Å². The molecule has 1 N–H and O–H groups in total. The molecule has 1 aromatic rings. The summed E-state index contributed by atoms with van der Waals surface area (Å²) >= 11 is 0. The van der Waals surface area contributed by atoms with Crippen LogP contribution in [0.2, 0.25) is 0 Å². The van der Waals surface area contributed by atoms with E-state index in [1.165, 1.54) is 43.5 Å². The van der Waals surface area contributed by atoms with Gasteiger partial charge in [0.1, 0.15) is 5.75 Å². The van der Waals surface area contributed by atoms with Crippen LogP contribution in [-0.4, -0.2) is 18.2 Å². The van der Waals surface area contributed by atoms with Crippen LogP contribution in [0.3, 0.4) is 0 Å². The highest BCUT2D eigenvalue weighted by Gasteiger charge is 2.16. The molecule has 2 heteroatoms. The van der Waals surface area contributed by atoms with Gasteiger partial charge in [0.25, 0.3) is 0 Å². The Morgan fingerprint density at radius 3 is 3.00 bits per heavy atom. The summed E-state index contributed by atoms with van der Waals surface area (Å²) in [6.45, 7) is 4.56. The molecule has 1 heterocycles. The zero-order chi connectivity index (χ0) is 11.4. The van der Waals surface area contributed by atoms with E-state index in [1.807, 2.05) is 6.07 Å². The number of aryl methyl sites for hydroxylation is 1. The van der Waals surface area contributed by atoms with Gasteiger partial charge in [0, 0.05) is 18.8 Å². The fraction of sp³-hybridized carbons (Fsp3) is 0.571. The quantitative estimate of drug-likeness (QED) is 0.785. The van der Waals surface area contributed by atoms with Crippen molar-refractivity contribution in [1.29, 1.82) is 0 Å². The number of rotatable bonds is 4. The number of phenolic OH excluding ortho intramolecular Hbond substituents is 1. The van der Waals surface area contributed by atoms with Gasteiger partial charge in [-0.05, 0) is 43.0 Å². The molecular formula is C14H21NO. The third-order valence-electron chi connectivity index (χ3n) is 3.31. The molecule has 0 saturated carbocycles. The summed E-state index contributed by atoms with van der Waals surface area (Å²) < 4.78 is 0. The lowest BCUT2D eigenvalue weighted by atomic mass is 10.0. The van der Waals surface area contributed by atoms with Crippen LogP contribution in [0.25, 0.3) is 0 Å². The van der Waals surface area contributed by atoms with Crippen molar-refractivity contribution in [2.24, 2.45) is 0 Å². The molecule has 0 aliphatic carbocycles. The minimum absolute atomic E-state index is 0.397. The molecule has 88 valence electrons. The van der Waals surface area contributed by atoms with E-state index in [4.69, 9.17) is 0 Å². The fourth-order valence-electron chi connectivity index (χ4n) is 2.45. The summed E-state index contributed by atoms with van der Waals surface area (Å²) in [5, 5.41) is 9.47. The van der Waals surface area contributed by atoms with E-state index in [0.29, 0.717) is 5.75 Å². The van der Waals surface area contributed by atoms with Crippen molar-refractivity contribution >= 4 is 5.69 Å². The molecule has 0 atom stereocenters. The van der Waals surface area contributed by atoms with Crippen molar-refractivity contribution in [1.82, 2.24) is 0 Å². The van der Waals surface area contributed by atoms with E-state index in [2.05, 4.69) is 17.9 Å². The van der Waals surface area contributed by atoms with Crippen molar-refractivity contribution in [3.63, 3.8) is 0 Å². The molecule has 16 heavy (non-hydrogen) atoms. The number of nitrogens with zero attached hydrogens (tertiary/aromatic N) is 1. The summed E-state index contributed by atoms with van der Waals surface area (Å²) in [4.78, 5) is 2.47. The minimum atomic E-state index is 0.397. The summed E-state index contributed by atoms with van der Waals surface area (Å²) in [6, 6.07) is 5.79. The van der Waals surface area contributed by atoms with E-state index in [-0.39, 0.29) is 0 Å². The van der Waals surface area contributed by atoms with Crippen molar-refractivity contribution in [3.8, 4) is 5.75 Å². The highest BCUT2D eigenvalue weighted by atomic mass is 16.3. The number of unbranched alkanes of at least 4 members (excludes halogenated alkanes) is 2. The first-order chi connectivity index (χ1) is 7.81. The van der Waals surface area contributed by atoms with Crippen LogP contribution in [0.1, 0.15) is 38.2 Å². The maximum Gasteiger partial charge on any atom is 0.116 e. The van der Waals surface area contributed by atoms with Crippen LogP contribution in [0.4, 0.5) is 5.69 Å². The maximum atomic E-state index is 9.47. The lowest BCUT2D eigenvalue weighted by molar-refractivity contribution is 0.474. The molecule has 1 aromatic carbocycles. The van der Waals surface area contributed by atoms with Crippen LogP contribution in [0.15, 0.2) is 18.2 Å². The van der Waals surface area contributed by atoms with E-state index in [0.717, 1.165) is 13.0 Å². The molecule has 2 nitrogen and oxygen atoms in total. The normalized spacial score (nSPS) is 14.9. The number of fused-ring (bicyclic) bond motifs is 1. The smallest absolute Gasteiger partial charge is 0.116 e. The lowest BCUT2D eigenvalue weighted by Gasteiger charge is -2.31. The van der Waals surface area contributed by atoms with Gasteiger partial charge in [0.15, 0.2) is 0 Å². The topological polar surface area (TPSA) is 23.5 Å². The van der Waals surface area contributed by atoms with Gasteiger partial charge in [-0.3, -0.25) is 0 Å². The second-order valence-corrected chi connectivity index (χ2v) is 4.61. The van der Waals surface area contributed by atoms with Crippen LogP contribution in [0.5, 0.6) is 5.75 Å². The van der Waals surface area contributed by atoms with Crippen LogP contribution in [0, 0.1) is 0 Å². The average Bonchev–Trinajstić information content (AvgIpc) is 2.29. The third-order valence-corrected chi connectivity index (χ3v) is 3.31. The van der Waals surface area contributed by atoms with Crippen LogP contribution >= 0.6 is 0 Å². The molecule has 1 aliphatic heterocycles. The first kappa shape index (κ1) is 11.3. The molecule has 0 aromatic heterocycles. The number of hydrogen-bond donors (Lipinski definition) is 1. The first-order valence-corrected chi connectivity index (χ1v) is 6.38. The van der Waals surface area contributed by atoms with Gasteiger partial charge in [-0.25, -0.2) is 0 Å². The van der Waals surface area contributed by atoms with E-state index < -0.39 is 0 Å². The van der Waals surface area contributed by atoms with Gasteiger partial charge >= 0.3 is 0 Å². The molecule has 0 bridgehead atoms. The van der Waals surface area contributed by atoms with E-state index in [9.17, 15) is 5.11 Å². The van der Waals surface area contributed by atoms with E-state index in [1.54, 1.807) is 6.07 Å². The standard InChI is InChI=1S/C14H21NO/c1-2-3-4-9-15-10-5-6-12-11-13(16)7-8-14(12)15/h7-8,11,16H,2-6,9-10H2,1H3. The Hall–Kier alpha value is -1.18. The molecule has 1 aliphatic rings. The summed E-state index contributed by atoms with van der Waals surface area (Å²) in [6.07, 6.45) is 6.17. The molecule has 0 radical (unpaired) electrons. The van der Waals surface area contributed by atoms with Crippen LogP contribution < -0.4 is 4.90 Å². The molecule has 2 rings (SSSR count). The monoisotopic (exact) mass is 219 g/mol. The second-order valence-electron chi connectivity index (χ2n) is 4.61. The molecular weight excluding hydrogens is 198 g/mol. The van der Waals surface area contributed by atoms with Crippen LogP contribution in [-0.2, 0) is 6.42 Å². The third kappa shape index (κ3) is 2.49. The molecule has 0 fully saturated rings. The Kier molecular flexibility index (Phi) is 3.70. The first-order valence-electron chi connectivity index (χ1n) is 6.38. The number of benzene rings is 1. The molecule has 0 amide bonds. The fourth-order valence-corrected chi connectivity index (χ4v) is 2.45. The molecule has 0 spiro atoms. The highest BCUT2D eigenvalue weighted by molar-refractivity contribution is 5.57. The van der Waals surface area contributed by atoms with Gasteiger partial charge in [-0.15, -0.1) is 0 Å². The SMILES string of the molecule is CCCCCN1CCCc2cc(O)ccc21. The molecule has 0 saturated heterocycles. The highest BCUT2D eigenvalue weighted by Crippen LogP contribution is 2.30. The van der Waals surface area contributed by atoms with E-state index >= 15 is 0 Å². The van der Waals surface area contributed by atoms with Crippen molar-refractivity contribution in [2.45, 2.75) is 39.0 Å². The maximum absolute atomic E-state index is 9.47. The van der Waals surface area contributed by atoms with Crippen molar-refractivity contribution in [3.05, 3.63) is 23.8 Å². The number of anilines is 1. The minimum Gasteiger partial charge on any atom is -0.508 e. The zero-order valence-electron chi connectivity index (χ0n) is 10.1. The Morgan fingerprint density at radius 2 is 2.19 bits per heavy atom. The Bertz CT molecular complexity index is 349. The molecule has 0 unspecified atom stereocenters.